The molecule has 32 heavy (non-hydrogen) atoms. The van der Waals surface area contributed by atoms with Crippen molar-refractivity contribution in [3.05, 3.63) is 120 Å². The summed E-state index contributed by atoms with van der Waals surface area (Å²) in [6.45, 7) is 5.35. The molecule has 1 aliphatic heterocycles. The second kappa shape index (κ2) is 10.7. The molecule has 0 radical (unpaired) electrons. The largest absolute Gasteiger partial charge is 0.382 e. The molecular weight excluding hydrogens is 396 g/mol. The zero-order valence-electron chi connectivity index (χ0n) is 18.8. The molecule has 3 nitrogen and oxygen atoms in total. The lowest BCUT2D eigenvalue weighted by Crippen LogP contribution is -2.33. The van der Waals surface area contributed by atoms with Gasteiger partial charge in [0.2, 0.25) is 0 Å². The summed E-state index contributed by atoms with van der Waals surface area (Å²) in [6.07, 6.45) is 2.95. The molecule has 0 N–H and O–H groups in total. The summed E-state index contributed by atoms with van der Waals surface area (Å²) >= 11 is 0. The van der Waals surface area contributed by atoms with Crippen LogP contribution in [0.3, 0.4) is 0 Å². The highest BCUT2D eigenvalue weighted by molar-refractivity contribution is 5.47. The summed E-state index contributed by atoms with van der Waals surface area (Å²) < 4.78 is 18.2. The Kier molecular flexibility index (Phi) is 7.54. The van der Waals surface area contributed by atoms with Crippen LogP contribution in [0.25, 0.3) is 0 Å². The zero-order chi connectivity index (χ0) is 22.2. The number of ether oxygens (including phenoxy) is 3. The first-order valence-corrected chi connectivity index (χ1v) is 11.4. The lowest BCUT2D eigenvalue weighted by molar-refractivity contribution is -0.0137. The quantitative estimate of drug-likeness (QED) is 0.221. The summed E-state index contributed by atoms with van der Waals surface area (Å²) in [7, 11) is 1.70. The van der Waals surface area contributed by atoms with Crippen molar-refractivity contribution in [1.82, 2.24) is 0 Å². The van der Waals surface area contributed by atoms with E-state index in [2.05, 4.69) is 79.4 Å². The zero-order valence-corrected chi connectivity index (χ0v) is 18.8. The molecule has 0 unspecified atom stereocenters. The van der Waals surface area contributed by atoms with Crippen molar-refractivity contribution >= 4 is 0 Å². The summed E-state index contributed by atoms with van der Waals surface area (Å²) in [5.41, 5.74) is 3.85. The highest BCUT2D eigenvalue weighted by Crippen LogP contribution is 2.40. The Morgan fingerprint density at radius 1 is 0.844 bits per heavy atom. The maximum absolute atomic E-state index is 6.85. The van der Waals surface area contributed by atoms with E-state index in [1.54, 1.807) is 7.11 Å². The smallest absolute Gasteiger partial charge is 0.143 e. The molecule has 0 aromatic heterocycles. The minimum atomic E-state index is -0.664. The van der Waals surface area contributed by atoms with Crippen LogP contribution in [0.1, 0.15) is 36.0 Å². The lowest BCUT2D eigenvalue weighted by atomic mass is 9.80. The van der Waals surface area contributed by atoms with Crippen LogP contribution >= 0.6 is 0 Å². The van der Waals surface area contributed by atoms with Crippen molar-refractivity contribution in [3.8, 4) is 0 Å². The molecule has 0 spiro atoms. The molecule has 1 heterocycles. The molecule has 0 aliphatic carbocycles. The topological polar surface area (TPSA) is 27.7 Å². The van der Waals surface area contributed by atoms with Crippen LogP contribution in [0.5, 0.6) is 0 Å². The minimum Gasteiger partial charge on any atom is -0.382 e. The van der Waals surface area contributed by atoms with E-state index in [0.717, 1.165) is 41.5 Å². The van der Waals surface area contributed by atoms with E-state index in [4.69, 9.17) is 14.2 Å². The molecule has 3 aromatic rings. The predicted molar refractivity (Wildman–Crippen MR) is 129 cm³/mol. The van der Waals surface area contributed by atoms with Crippen molar-refractivity contribution in [2.75, 3.05) is 20.3 Å². The second-order valence-corrected chi connectivity index (χ2v) is 8.33. The van der Waals surface area contributed by atoms with Crippen molar-refractivity contribution in [2.24, 2.45) is 0 Å². The van der Waals surface area contributed by atoms with E-state index >= 15 is 0 Å². The average Bonchev–Trinajstić information content (AvgIpc) is 3.20. The van der Waals surface area contributed by atoms with Crippen molar-refractivity contribution < 1.29 is 14.2 Å². The summed E-state index contributed by atoms with van der Waals surface area (Å²) in [5, 5.41) is 0. The Morgan fingerprint density at radius 3 is 1.81 bits per heavy atom. The molecule has 1 aliphatic rings. The standard InChI is InChI=1S/C29H32O3/c1-23-21-27(32-28(23)22-30-2)19-12-20-31-29(24-13-6-3-7-14-24,25-15-8-4-9-16-25)26-17-10-5-11-18-26/h3-11,13-18,27-28H,1,12,19-22H2,2H3/t27-,28-/m0/s1. The molecule has 2 atom stereocenters. The van der Waals surface area contributed by atoms with Crippen LogP contribution in [0.2, 0.25) is 0 Å². The maximum Gasteiger partial charge on any atom is 0.143 e. The van der Waals surface area contributed by atoms with Gasteiger partial charge in [-0.25, -0.2) is 0 Å². The van der Waals surface area contributed by atoms with Gasteiger partial charge in [-0.05, 0) is 41.5 Å². The van der Waals surface area contributed by atoms with Crippen LogP contribution in [0.15, 0.2) is 103 Å². The summed E-state index contributed by atoms with van der Waals surface area (Å²) in [5.74, 6) is 0. The molecule has 1 fully saturated rings. The van der Waals surface area contributed by atoms with Crippen LogP contribution in [0.4, 0.5) is 0 Å². The number of rotatable bonds is 10. The maximum atomic E-state index is 6.85. The Bertz CT molecular complexity index is 872. The third-order valence-electron chi connectivity index (χ3n) is 6.15. The van der Waals surface area contributed by atoms with Crippen LogP contribution in [-0.4, -0.2) is 32.5 Å². The van der Waals surface area contributed by atoms with Gasteiger partial charge in [-0.15, -0.1) is 0 Å². The number of benzene rings is 3. The number of hydrogen-bond acceptors (Lipinski definition) is 3. The van der Waals surface area contributed by atoms with Gasteiger partial charge in [-0.1, -0.05) is 97.6 Å². The molecule has 3 heteroatoms. The summed E-state index contributed by atoms with van der Waals surface area (Å²) in [6, 6.07) is 31.5. The van der Waals surface area contributed by atoms with Gasteiger partial charge in [0.25, 0.3) is 0 Å². The molecule has 1 saturated heterocycles. The highest BCUT2D eigenvalue weighted by Gasteiger charge is 2.37. The first-order valence-electron chi connectivity index (χ1n) is 11.4. The molecule has 166 valence electrons. The van der Waals surface area contributed by atoms with Crippen molar-refractivity contribution in [1.29, 1.82) is 0 Å². The monoisotopic (exact) mass is 428 g/mol. The minimum absolute atomic E-state index is 0.0166. The van der Waals surface area contributed by atoms with E-state index in [1.165, 1.54) is 0 Å². The van der Waals surface area contributed by atoms with Gasteiger partial charge in [0, 0.05) is 13.7 Å². The molecule has 0 amide bonds. The first-order chi connectivity index (χ1) is 15.7. The fraction of sp³-hybridized carbons (Fsp3) is 0.310. The Hall–Kier alpha value is -2.72. The van der Waals surface area contributed by atoms with Gasteiger partial charge in [0.1, 0.15) is 11.7 Å². The van der Waals surface area contributed by atoms with Crippen molar-refractivity contribution in [3.63, 3.8) is 0 Å². The lowest BCUT2D eigenvalue weighted by Gasteiger charge is -2.36. The van der Waals surface area contributed by atoms with E-state index in [0.29, 0.717) is 13.2 Å². The average molecular weight is 429 g/mol. The van der Waals surface area contributed by atoms with E-state index in [9.17, 15) is 0 Å². The van der Waals surface area contributed by atoms with E-state index in [1.807, 2.05) is 18.2 Å². The number of methoxy groups -OCH3 is 1. The van der Waals surface area contributed by atoms with Gasteiger partial charge < -0.3 is 14.2 Å². The Balaban J connectivity index is 1.56. The Morgan fingerprint density at radius 2 is 1.34 bits per heavy atom. The fourth-order valence-electron chi connectivity index (χ4n) is 4.58. The van der Waals surface area contributed by atoms with Crippen molar-refractivity contribution in [2.45, 2.75) is 37.1 Å². The van der Waals surface area contributed by atoms with E-state index in [-0.39, 0.29) is 12.2 Å². The van der Waals surface area contributed by atoms with Crippen LogP contribution in [-0.2, 0) is 19.8 Å². The molecule has 0 bridgehead atoms. The van der Waals surface area contributed by atoms with Gasteiger partial charge >= 0.3 is 0 Å². The van der Waals surface area contributed by atoms with Crippen LogP contribution < -0.4 is 0 Å². The molecule has 0 saturated carbocycles. The number of hydrogen-bond donors (Lipinski definition) is 0. The molecule has 4 rings (SSSR count). The molecular formula is C29H32O3. The summed E-state index contributed by atoms with van der Waals surface area (Å²) in [4.78, 5) is 0. The van der Waals surface area contributed by atoms with E-state index < -0.39 is 5.60 Å². The van der Waals surface area contributed by atoms with Crippen LogP contribution in [0, 0.1) is 0 Å². The van der Waals surface area contributed by atoms with Gasteiger partial charge in [0.15, 0.2) is 0 Å². The van der Waals surface area contributed by atoms with Gasteiger partial charge in [-0.3, -0.25) is 0 Å². The highest BCUT2D eigenvalue weighted by atomic mass is 16.5. The fourth-order valence-corrected chi connectivity index (χ4v) is 4.58. The molecule has 3 aromatic carbocycles. The normalized spacial score (nSPS) is 18.7. The second-order valence-electron chi connectivity index (χ2n) is 8.33. The predicted octanol–water partition coefficient (Wildman–Crippen LogP) is 6.14. The third kappa shape index (κ3) is 4.86. The van der Waals surface area contributed by atoms with Gasteiger partial charge in [-0.2, -0.15) is 0 Å². The first kappa shape index (κ1) is 22.5. The third-order valence-corrected chi connectivity index (χ3v) is 6.15. The van der Waals surface area contributed by atoms with Gasteiger partial charge in [0.05, 0.1) is 12.7 Å². The SMILES string of the molecule is C=C1C[C@H](CCCOC(c2ccccc2)(c2ccccc2)c2ccccc2)O[C@H]1COC. The Labute approximate surface area is 191 Å².